The standard InChI is InChI=1S/C26H28FN3O3/c1-17-15-29-26(18-5-7-21(27)8-6-18)30-24(17)16-28-11-2-12-33-22-9-10-23-19(13-22)3-4-20(23)14-25(31)32/h5-10,13,15,20,28H,2-4,11-12,14,16H2,1H3,(H,31,32)/t20-/m0/s1. The normalized spacial score (nSPS) is 14.8. The zero-order valence-electron chi connectivity index (χ0n) is 18.7. The molecule has 1 heterocycles. The Bertz CT molecular complexity index is 1120. The third-order valence-corrected chi connectivity index (χ3v) is 5.98. The summed E-state index contributed by atoms with van der Waals surface area (Å²) >= 11 is 0. The first-order valence-corrected chi connectivity index (χ1v) is 11.3. The molecule has 0 radical (unpaired) electrons. The zero-order chi connectivity index (χ0) is 23.2. The molecule has 0 saturated heterocycles. The van der Waals surface area contributed by atoms with Gasteiger partial charge in [0.25, 0.3) is 0 Å². The minimum absolute atomic E-state index is 0.115. The minimum Gasteiger partial charge on any atom is -0.494 e. The van der Waals surface area contributed by atoms with Gasteiger partial charge < -0.3 is 15.2 Å². The number of hydrogen-bond donors (Lipinski definition) is 2. The molecule has 0 aliphatic heterocycles. The van der Waals surface area contributed by atoms with Gasteiger partial charge in [-0.15, -0.1) is 0 Å². The Balaban J connectivity index is 1.22. The lowest BCUT2D eigenvalue weighted by atomic mass is 9.98. The topological polar surface area (TPSA) is 84.3 Å². The van der Waals surface area contributed by atoms with Gasteiger partial charge in [-0.3, -0.25) is 4.79 Å². The van der Waals surface area contributed by atoms with E-state index in [2.05, 4.69) is 15.3 Å². The highest BCUT2D eigenvalue weighted by Crippen LogP contribution is 2.37. The highest BCUT2D eigenvalue weighted by Gasteiger charge is 2.24. The Morgan fingerprint density at radius 1 is 1.24 bits per heavy atom. The van der Waals surface area contributed by atoms with Crippen LogP contribution in [0.3, 0.4) is 0 Å². The fraction of sp³-hybridized carbons (Fsp3) is 0.346. The van der Waals surface area contributed by atoms with Crippen molar-refractivity contribution in [1.82, 2.24) is 15.3 Å². The summed E-state index contributed by atoms with van der Waals surface area (Å²) in [7, 11) is 0. The molecule has 6 nitrogen and oxygen atoms in total. The molecule has 7 heteroatoms. The molecular weight excluding hydrogens is 421 g/mol. The predicted molar refractivity (Wildman–Crippen MR) is 124 cm³/mol. The molecule has 1 atom stereocenters. The van der Waals surface area contributed by atoms with E-state index < -0.39 is 5.97 Å². The molecule has 1 aromatic heterocycles. The first kappa shape index (κ1) is 22.9. The summed E-state index contributed by atoms with van der Waals surface area (Å²) in [5.74, 6) is 0.509. The van der Waals surface area contributed by atoms with Gasteiger partial charge in [0.05, 0.1) is 18.7 Å². The Morgan fingerprint density at radius 3 is 2.85 bits per heavy atom. The fourth-order valence-electron chi connectivity index (χ4n) is 4.18. The van der Waals surface area contributed by atoms with E-state index in [1.807, 2.05) is 25.1 Å². The fourth-order valence-corrected chi connectivity index (χ4v) is 4.18. The van der Waals surface area contributed by atoms with Crippen molar-refractivity contribution in [3.05, 3.63) is 76.9 Å². The van der Waals surface area contributed by atoms with Gasteiger partial charge in [0, 0.05) is 18.3 Å². The Labute approximate surface area is 192 Å². The van der Waals surface area contributed by atoms with Crippen LogP contribution in [0.1, 0.15) is 47.6 Å². The van der Waals surface area contributed by atoms with Crippen molar-refractivity contribution in [3.63, 3.8) is 0 Å². The average Bonchev–Trinajstić information content (AvgIpc) is 3.19. The Hall–Kier alpha value is -3.32. The lowest BCUT2D eigenvalue weighted by Gasteiger charge is -2.11. The highest BCUT2D eigenvalue weighted by atomic mass is 19.1. The first-order valence-electron chi connectivity index (χ1n) is 11.3. The second-order valence-electron chi connectivity index (χ2n) is 8.40. The van der Waals surface area contributed by atoms with Crippen molar-refractivity contribution in [2.75, 3.05) is 13.2 Å². The van der Waals surface area contributed by atoms with Crippen molar-refractivity contribution in [3.8, 4) is 17.1 Å². The number of aliphatic carboxylic acids is 1. The lowest BCUT2D eigenvalue weighted by molar-refractivity contribution is -0.137. The summed E-state index contributed by atoms with van der Waals surface area (Å²) in [6.07, 6.45) is 4.62. The van der Waals surface area contributed by atoms with Gasteiger partial charge in [0.15, 0.2) is 5.82 Å². The molecule has 2 aromatic carbocycles. The monoisotopic (exact) mass is 449 g/mol. The van der Waals surface area contributed by atoms with Gasteiger partial charge in [-0.1, -0.05) is 6.07 Å². The molecule has 0 amide bonds. The molecule has 172 valence electrons. The maximum absolute atomic E-state index is 13.2. The number of ether oxygens (including phenoxy) is 1. The summed E-state index contributed by atoms with van der Waals surface area (Å²) < 4.78 is 19.1. The highest BCUT2D eigenvalue weighted by molar-refractivity contribution is 5.68. The van der Waals surface area contributed by atoms with Crippen LogP contribution in [0.2, 0.25) is 0 Å². The van der Waals surface area contributed by atoms with Gasteiger partial charge in [-0.25, -0.2) is 14.4 Å². The third-order valence-electron chi connectivity index (χ3n) is 5.98. The molecule has 3 aromatic rings. The average molecular weight is 450 g/mol. The largest absolute Gasteiger partial charge is 0.494 e. The molecule has 0 saturated carbocycles. The van der Waals surface area contributed by atoms with Crippen LogP contribution in [0, 0.1) is 12.7 Å². The van der Waals surface area contributed by atoms with Crippen molar-refractivity contribution in [2.45, 2.75) is 45.1 Å². The van der Waals surface area contributed by atoms with Crippen LogP contribution in [-0.4, -0.2) is 34.2 Å². The number of aromatic nitrogens is 2. The molecule has 2 N–H and O–H groups in total. The Morgan fingerprint density at radius 2 is 2.06 bits per heavy atom. The van der Waals surface area contributed by atoms with E-state index >= 15 is 0 Å². The summed E-state index contributed by atoms with van der Waals surface area (Å²) in [6.45, 7) is 3.96. The smallest absolute Gasteiger partial charge is 0.303 e. The molecule has 1 aliphatic carbocycles. The van der Waals surface area contributed by atoms with Gasteiger partial charge in [-0.05, 0) is 91.7 Å². The van der Waals surface area contributed by atoms with Crippen molar-refractivity contribution >= 4 is 5.97 Å². The summed E-state index contributed by atoms with van der Waals surface area (Å²) in [6, 6.07) is 12.2. The number of nitrogens with zero attached hydrogens (tertiary/aromatic N) is 2. The maximum Gasteiger partial charge on any atom is 0.303 e. The van der Waals surface area contributed by atoms with E-state index in [1.54, 1.807) is 18.3 Å². The summed E-state index contributed by atoms with van der Waals surface area (Å²) in [5, 5.41) is 12.5. The van der Waals surface area contributed by atoms with Crippen LogP contribution in [-0.2, 0) is 17.8 Å². The van der Waals surface area contributed by atoms with Crippen LogP contribution in [0.5, 0.6) is 5.75 Å². The predicted octanol–water partition coefficient (Wildman–Crippen LogP) is 4.65. The Kier molecular flexibility index (Phi) is 7.29. The molecule has 1 aliphatic rings. The quantitative estimate of drug-likeness (QED) is 0.438. The number of nitrogens with one attached hydrogen (secondary N) is 1. The summed E-state index contributed by atoms with van der Waals surface area (Å²) in [4.78, 5) is 20.0. The van der Waals surface area contributed by atoms with E-state index in [4.69, 9.17) is 9.84 Å². The number of carboxylic acids is 1. The van der Waals surface area contributed by atoms with Gasteiger partial charge in [0.1, 0.15) is 11.6 Å². The number of halogens is 1. The molecule has 0 fully saturated rings. The number of hydrogen-bond acceptors (Lipinski definition) is 5. The lowest BCUT2D eigenvalue weighted by Crippen LogP contribution is -2.19. The van der Waals surface area contributed by atoms with E-state index in [9.17, 15) is 9.18 Å². The number of benzene rings is 2. The van der Waals surface area contributed by atoms with E-state index in [0.29, 0.717) is 19.0 Å². The molecule has 0 spiro atoms. The van der Waals surface area contributed by atoms with E-state index in [-0.39, 0.29) is 18.2 Å². The maximum atomic E-state index is 13.2. The van der Waals surface area contributed by atoms with Crippen LogP contribution in [0.15, 0.2) is 48.7 Å². The van der Waals surface area contributed by atoms with Crippen LogP contribution >= 0.6 is 0 Å². The number of fused-ring (bicyclic) bond motifs is 1. The molecule has 0 bridgehead atoms. The van der Waals surface area contributed by atoms with Gasteiger partial charge in [-0.2, -0.15) is 0 Å². The van der Waals surface area contributed by atoms with E-state index in [1.165, 1.54) is 17.7 Å². The molecular formula is C26H28FN3O3. The number of aryl methyl sites for hydroxylation is 2. The second kappa shape index (κ2) is 10.5. The number of carboxylic acid groups (broad SMARTS) is 1. The number of carbonyl (C=O) groups is 1. The number of rotatable bonds is 10. The summed E-state index contributed by atoms with van der Waals surface area (Å²) in [5.41, 5.74) is 5.05. The first-order chi connectivity index (χ1) is 16.0. The molecule has 4 rings (SSSR count). The van der Waals surface area contributed by atoms with Crippen molar-refractivity contribution in [2.24, 2.45) is 0 Å². The van der Waals surface area contributed by atoms with Crippen LogP contribution in [0.4, 0.5) is 4.39 Å². The molecule has 0 unspecified atom stereocenters. The molecule has 33 heavy (non-hydrogen) atoms. The van der Waals surface area contributed by atoms with E-state index in [0.717, 1.165) is 53.9 Å². The zero-order valence-corrected chi connectivity index (χ0v) is 18.7. The van der Waals surface area contributed by atoms with Crippen molar-refractivity contribution in [1.29, 1.82) is 0 Å². The van der Waals surface area contributed by atoms with Gasteiger partial charge >= 0.3 is 5.97 Å². The van der Waals surface area contributed by atoms with Crippen molar-refractivity contribution < 1.29 is 19.0 Å². The third kappa shape index (κ3) is 5.93. The minimum atomic E-state index is -0.746. The SMILES string of the molecule is Cc1cnc(-c2ccc(F)cc2)nc1CNCCCOc1ccc2c(c1)CC[C@H]2CC(=O)O. The second-order valence-corrected chi connectivity index (χ2v) is 8.40. The van der Waals surface area contributed by atoms with Gasteiger partial charge in [0.2, 0.25) is 0 Å². The van der Waals surface area contributed by atoms with Crippen LogP contribution in [0.25, 0.3) is 11.4 Å². The van der Waals surface area contributed by atoms with Crippen LogP contribution < -0.4 is 10.1 Å².